The fraction of sp³-hybridized carbons (Fsp3) is 0.692. The van der Waals surface area contributed by atoms with Crippen molar-refractivity contribution in [3.8, 4) is 0 Å². The highest BCUT2D eigenvalue weighted by Gasteiger charge is 2.40. The summed E-state index contributed by atoms with van der Waals surface area (Å²) in [7, 11) is 0. The van der Waals surface area contributed by atoms with Crippen molar-refractivity contribution in [3.05, 3.63) is 18.0 Å². The van der Waals surface area contributed by atoms with E-state index in [1.165, 1.54) is 25.0 Å². The normalized spacial score (nSPS) is 23.2. The highest BCUT2D eigenvalue weighted by Crippen LogP contribution is 2.46. The van der Waals surface area contributed by atoms with Gasteiger partial charge in [0.25, 0.3) is 0 Å². The Morgan fingerprint density at radius 2 is 2.18 bits per heavy atom. The lowest BCUT2D eigenvalue weighted by Gasteiger charge is -2.21. The Morgan fingerprint density at radius 1 is 1.29 bits per heavy atom. The lowest BCUT2D eigenvalue weighted by atomic mass is 10.1. The van der Waals surface area contributed by atoms with E-state index in [1.54, 1.807) is 0 Å². The minimum Gasteiger partial charge on any atom is -0.339 e. The molecule has 1 aliphatic carbocycles. The molecule has 0 aromatic carbocycles. The van der Waals surface area contributed by atoms with E-state index in [4.69, 9.17) is 4.98 Å². The van der Waals surface area contributed by atoms with Gasteiger partial charge in [0.1, 0.15) is 0 Å². The molecule has 1 aromatic rings. The minimum absolute atomic E-state index is 0.335. The molecule has 4 nitrogen and oxygen atoms in total. The first-order valence-corrected chi connectivity index (χ1v) is 6.57. The van der Waals surface area contributed by atoms with Crippen molar-refractivity contribution in [1.29, 1.82) is 0 Å². The highest BCUT2D eigenvalue weighted by atomic mass is 15.3. The van der Waals surface area contributed by atoms with Gasteiger partial charge in [0.2, 0.25) is 5.95 Å². The highest BCUT2D eigenvalue weighted by molar-refractivity contribution is 5.34. The van der Waals surface area contributed by atoms with Gasteiger partial charge in [-0.05, 0) is 31.9 Å². The van der Waals surface area contributed by atoms with Gasteiger partial charge in [-0.1, -0.05) is 6.92 Å². The molecule has 1 aromatic heterocycles. The van der Waals surface area contributed by atoms with E-state index in [2.05, 4.69) is 28.2 Å². The van der Waals surface area contributed by atoms with Crippen LogP contribution in [0.15, 0.2) is 12.3 Å². The molecule has 0 atom stereocenters. The number of rotatable bonds is 2. The van der Waals surface area contributed by atoms with Gasteiger partial charge in [0, 0.05) is 31.2 Å². The van der Waals surface area contributed by atoms with Crippen molar-refractivity contribution in [3.63, 3.8) is 0 Å². The van der Waals surface area contributed by atoms with E-state index >= 15 is 0 Å². The molecule has 1 saturated carbocycles. The monoisotopic (exact) mass is 232 g/mol. The van der Waals surface area contributed by atoms with Crippen LogP contribution in [0.2, 0.25) is 0 Å². The zero-order chi connectivity index (χ0) is 11.7. The van der Waals surface area contributed by atoms with Gasteiger partial charge >= 0.3 is 0 Å². The van der Waals surface area contributed by atoms with E-state index < -0.39 is 0 Å². The molecule has 1 aliphatic heterocycles. The number of nitrogens with zero attached hydrogens (tertiary/aromatic N) is 3. The van der Waals surface area contributed by atoms with Crippen LogP contribution in [-0.2, 0) is 5.41 Å². The van der Waals surface area contributed by atoms with Crippen molar-refractivity contribution in [1.82, 2.24) is 15.3 Å². The summed E-state index contributed by atoms with van der Waals surface area (Å²) >= 11 is 0. The van der Waals surface area contributed by atoms with Crippen LogP contribution in [0.4, 0.5) is 5.95 Å². The summed E-state index contributed by atoms with van der Waals surface area (Å²) in [5, 5.41) is 3.41. The molecular formula is C13H20N4. The Bertz CT molecular complexity index is 392. The molecule has 2 aliphatic rings. The molecule has 0 bridgehead atoms. The third kappa shape index (κ3) is 2.27. The maximum atomic E-state index is 4.76. The largest absolute Gasteiger partial charge is 0.339 e. The molecule has 1 N–H and O–H groups in total. The van der Waals surface area contributed by atoms with Crippen LogP contribution < -0.4 is 10.2 Å². The van der Waals surface area contributed by atoms with Crippen LogP contribution in [0.25, 0.3) is 0 Å². The second kappa shape index (κ2) is 4.26. The van der Waals surface area contributed by atoms with Gasteiger partial charge in [-0.3, -0.25) is 0 Å². The van der Waals surface area contributed by atoms with E-state index in [0.29, 0.717) is 5.41 Å². The zero-order valence-corrected chi connectivity index (χ0v) is 10.4. The molecule has 0 amide bonds. The van der Waals surface area contributed by atoms with Crippen LogP contribution in [0.5, 0.6) is 0 Å². The number of aromatic nitrogens is 2. The molecule has 0 spiro atoms. The lowest BCUT2D eigenvalue weighted by Crippen LogP contribution is -2.29. The number of hydrogen-bond donors (Lipinski definition) is 1. The average Bonchev–Trinajstić information content (AvgIpc) is 3.14. The van der Waals surface area contributed by atoms with E-state index in [-0.39, 0.29) is 0 Å². The summed E-state index contributed by atoms with van der Waals surface area (Å²) in [5.74, 6) is 0.916. The maximum absolute atomic E-state index is 4.76. The van der Waals surface area contributed by atoms with Gasteiger partial charge in [-0.2, -0.15) is 0 Å². The maximum Gasteiger partial charge on any atom is 0.225 e. The summed E-state index contributed by atoms with van der Waals surface area (Å²) in [6.07, 6.45) is 5.63. The molecule has 0 radical (unpaired) electrons. The predicted octanol–water partition coefficient (Wildman–Crippen LogP) is 1.33. The summed E-state index contributed by atoms with van der Waals surface area (Å²) < 4.78 is 0. The summed E-state index contributed by atoms with van der Waals surface area (Å²) in [6, 6.07) is 2.08. The summed E-state index contributed by atoms with van der Waals surface area (Å²) in [6.45, 7) is 6.51. The predicted molar refractivity (Wildman–Crippen MR) is 68.3 cm³/mol. The zero-order valence-electron chi connectivity index (χ0n) is 10.4. The Balaban J connectivity index is 1.81. The van der Waals surface area contributed by atoms with Gasteiger partial charge in [0.15, 0.2) is 0 Å². The Labute approximate surface area is 102 Å². The Morgan fingerprint density at radius 3 is 3.00 bits per heavy atom. The number of nitrogens with one attached hydrogen (secondary N) is 1. The van der Waals surface area contributed by atoms with Crippen molar-refractivity contribution < 1.29 is 0 Å². The second-order valence-electron chi connectivity index (χ2n) is 5.39. The molecule has 17 heavy (non-hydrogen) atoms. The molecule has 3 rings (SSSR count). The smallest absolute Gasteiger partial charge is 0.225 e. The standard InChI is InChI=1S/C13H20N4/c1-13(4-5-13)11-3-7-15-12(16-11)17-9-2-6-14-8-10-17/h3,7,14H,2,4-6,8-10H2,1H3. The lowest BCUT2D eigenvalue weighted by molar-refractivity contribution is 0.719. The van der Waals surface area contributed by atoms with E-state index in [9.17, 15) is 0 Å². The van der Waals surface area contributed by atoms with Crippen LogP contribution in [0, 0.1) is 0 Å². The van der Waals surface area contributed by atoms with Crippen molar-refractivity contribution in [2.24, 2.45) is 0 Å². The fourth-order valence-electron chi connectivity index (χ4n) is 2.33. The van der Waals surface area contributed by atoms with Gasteiger partial charge in [-0.15, -0.1) is 0 Å². The third-order valence-electron chi connectivity index (χ3n) is 3.88. The molecular weight excluding hydrogens is 212 g/mol. The van der Waals surface area contributed by atoms with Crippen molar-refractivity contribution in [2.45, 2.75) is 31.6 Å². The molecule has 1 saturated heterocycles. The first-order valence-electron chi connectivity index (χ1n) is 6.57. The van der Waals surface area contributed by atoms with E-state index in [0.717, 1.165) is 32.1 Å². The quantitative estimate of drug-likeness (QED) is 0.835. The fourth-order valence-corrected chi connectivity index (χ4v) is 2.33. The van der Waals surface area contributed by atoms with Crippen LogP contribution >= 0.6 is 0 Å². The van der Waals surface area contributed by atoms with E-state index in [1.807, 2.05) is 6.20 Å². The molecule has 92 valence electrons. The minimum atomic E-state index is 0.335. The van der Waals surface area contributed by atoms with Gasteiger partial charge in [0.05, 0.1) is 5.69 Å². The molecule has 2 heterocycles. The number of hydrogen-bond acceptors (Lipinski definition) is 4. The van der Waals surface area contributed by atoms with Gasteiger partial charge < -0.3 is 10.2 Å². The van der Waals surface area contributed by atoms with Crippen molar-refractivity contribution in [2.75, 3.05) is 31.1 Å². The Kier molecular flexibility index (Phi) is 2.74. The summed E-state index contributed by atoms with van der Waals surface area (Å²) in [5.41, 5.74) is 1.56. The third-order valence-corrected chi connectivity index (χ3v) is 3.88. The number of anilines is 1. The average molecular weight is 232 g/mol. The second-order valence-corrected chi connectivity index (χ2v) is 5.39. The Hall–Kier alpha value is -1.16. The molecule has 2 fully saturated rings. The molecule has 4 heteroatoms. The van der Waals surface area contributed by atoms with Crippen molar-refractivity contribution >= 4 is 5.95 Å². The van der Waals surface area contributed by atoms with Crippen LogP contribution in [-0.4, -0.2) is 36.1 Å². The van der Waals surface area contributed by atoms with Crippen LogP contribution in [0.3, 0.4) is 0 Å². The summed E-state index contributed by atoms with van der Waals surface area (Å²) in [4.78, 5) is 11.5. The van der Waals surface area contributed by atoms with Gasteiger partial charge in [-0.25, -0.2) is 9.97 Å². The SMILES string of the molecule is CC1(c2ccnc(N3CCCNCC3)n2)CC1. The first kappa shape index (κ1) is 11.0. The first-order chi connectivity index (χ1) is 8.28. The topological polar surface area (TPSA) is 41.1 Å². The molecule has 0 unspecified atom stereocenters. The van der Waals surface area contributed by atoms with Crippen LogP contribution in [0.1, 0.15) is 31.9 Å².